The Labute approximate surface area is 85.9 Å². The van der Waals surface area contributed by atoms with Gasteiger partial charge in [0.1, 0.15) is 0 Å². The molecule has 2 heteroatoms. The monoisotopic (exact) mass is 193 g/mol. The van der Waals surface area contributed by atoms with Crippen LogP contribution in [-0.4, -0.2) is 10.7 Å². The number of hydrogen-bond donors (Lipinski definition) is 1. The van der Waals surface area contributed by atoms with E-state index in [1.54, 1.807) is 0 Å². The Morgan fingerprint density at radius 2 is 1.79 bits per heavy atom. The van der Waals surface area contributed by atoms with E-state index in [1.807, 2.05) is 0 Å². The average molecular weight is 193 g/mol. The van der Waals surface area contributed by atoms with Gasteiger partial charge < -0.3 is 5.11 Å². The maximum atomic E-state index is 10.5. The maximum Gasteiger partial charge on any atom is 0.0860 e. The molecule has 2 fully saturated rings. The second kappa shape index (κ2) is 3.24. The van der Waals surface area contributed by atoms with Crippen LogP contribution in [0.15, 0.2) is 0 Å². The van der Waals surface area contributed by atoms with E-state index in [0.29, 0.717) is 0 Å². The maximum absolute atomic E-state index is 10.5. The summed E-state index contributed by atoms with van der Waals surface area (Å²) < 4.78 is 0. The highest BCUT2D eigenvalue weighted by atomic mass is 16.3. The number of hydrogen-bond acceptors (Lipinski definition) is 2. The van der Waals surface area contributed by atoms with Gasteiger partial charge in [-0.15, -0.1) is 0 Å². The molecule has 2 aliphatic rings. The molecule has 0 radical (unpaired) electrons. The zero-order chi connectivity index (χ0) is 10.2. The quantitative estimate of drug-likeness (QED) is 0.695. The summed E-state index contributed by atoms with van der Waals surface area (Å²) >= 11 is 0. The lowest BCUT2D eigenvalue weighted by Crippen LogP contribution is -2.53. The van der Waals surface area contributed by atoms with Crippen LogP contribution in [-0.2, 0) is 0 Å². The lowest BCUT2D eigenvalue weighted by molar-refractivity contribution is -0.122. The van der Waals surface area contributed by atoms with Crippen molar-refractivity contribution in [1.29, 1.82) is 5.26 Å². The highest BCUT2D eigenvalue weighted by Gasteiger charge is 2.55. The van der Waals surface area contributed by atoms with Crippen LogP contribution >= 0.6 is 0 Å². The van der Waals surface area contributed by atoms with Gasteiger partial charge >= 0.3 is 0 Å². The lowest BCUT2D eigenvalue weighted by atomic mass is 9.55. The van der Waals surface area contributed by atoms with Crippen molar-refractivity contribution >= 4 is 0 Å². The van der Waals surface area contributed by atoms with E-state index in [2.05, 4.69) is 13.0 Å². The molecule has 0 amide bonds. The predicted octanol–water partition coefficient (Wildman–Crippen LogP) is 2.62. The Hall–Kier alpha value is -0.550. The van der Waals surface area contributed by atoms with Crippen molar-refractivity contribution < 1.29 is 5.11 Å². The first kappa shape index (κ1) is 9.98. The molecular weight excluding hydrogens is 174 g/mol. The molecule has 2 rings (SSSR count). The number of nitriles is 1. The fourth-order valence-corrected chi connectivity index (χ4v) is 2.93. The first-order valence-electron chi connectivity index (χ1n) is 5.76. The van der Waals surface area contributed by atoms with Crippen LogP contribution in [0, 0.1) is 22.7 Å². The molecule has 2 aliphatic carbocycles. The number of aliphatic hydroxyl groups is 1. The van der Waals surface area contributed by atoms with Gasteiger partial charge in [-0.25, -0.2) is 0 Å². The molecule has 14 heavy (non-hydrogen) atoms. The fraction of sp³-hybridized carbons (Fsp3) is 0.917. The summed E-state index contributed by atoms with van der Waals surface area (Å²) in [7, 11) is 0. The Morgan fingerprint density at radius 1 is 1.21 bits per heavy atom. The van der Waals surface area contributed by atoms with Gasteiger partial charge in [0.05, 0.1) is 17.1 Å². The van der Waals surface area contributed by atoms with Crippen LogP contribution in [0.1, 0.15) is 51.9 Å². The Balaban J connectivity index is 2.12. The van der Waals surface area contributed by atoms with Crippen molar-refractivity contribution in [3.63, 3.8) is 0 Å². The minimum absolute atomic E-state index is 0.382. The summed E-state index contributed by atoms with van der Waals surface area (Å²) in [6.07, 6.45) is 6.78. The molecule has 0 aromatic carbocycles. The van der Waals surface area contributed by atoms with Gasteiger partial charge in [0, 0.05) is 0 Å². The molecule has 0 aliphatic heterocycles. The van der Waals surface area contributed by atoms with Crippen molar-refractivity contribution in [2.45, 2.75) is 57.5 Å². The molecule has 0 bridgehead atoms. The molecule has 78 valence electrons. The highest BCUT2D eigenvalue weighted by molar-refractivity contribution is 5.16. The van der Waals surface area contributed by atoms with Gasteiger partial charge in [0.15, 0.2) is 0 Å². The third-order valence-electron chi connectivity index (χ3n) is 4.41. The largest absolute Gasteiger partial charge is 0.388 e. The average Bonchev–Trinajstić information content (AvgIpc) is 2.10. The van der Waals surface area contributed by atoms with Crippen molar-refractivity contribution in [3.8, 4) is 6.07 Å². The topological polar surface area (TPSA) is 44.0 Å². The molecule has 0 spiro atoms. The Kier molecular flexibility index (Phi) is 2.31. The van der Waals surface area contributed by atoms with Crippen molar-refractivity contribution in [3.05, 3.63) is 0 Å². The second-order valence-electron chi connectivity index (χ2n) is 5.26. The fourth-order valence-electron chi connectivity index (χ4n) is 2.93. The molecule has 0 saturated heterocycles. The van der Waals surface area contributed by atoms with E-state index in [-0.39, 0.29) is 5.41 Å². The molecular formula is C12H19NO. The minimum atomic E-state index is -0.660. The van der Waals surface area contributed by atoms with Crippen molar-refractivity contribution in [2.75, 3.05) is 0 Å². The van der Waals surface area contributed by atoms with Crippen LogP contribution in [0.2, 0.25) is 0 Å². The minimum Gasteiger partial charge on any atom is -0.388 e. The Morgan fingerprint density at radius 3 is 2.14 bits per heavy atom. The van der Waals surface area contributed by atoms with Crippen LogP contribution < -0.4 is 0 Å². The van der Waals surface area contributed by atoms with Gasteiger partial charge in [-0.1, -0.05) is 13.3 Å². The summed E-state index contributed by atoms with van der Waals surface area (Å²) in [5.41, 5.74) is -1.04. The van der Waals surface area contributed by atoms with E-state index >= 15 is 0 Å². The SMILES string of the molecule is CC1CCC(O)(C2(C#N)CCC2)CC1. The van der Waals surface area contributed by atoms with Gasteiger partial charge in [0.2, 0.25) is 0 Å². The third kappa shape index (κ3) is 1.26. The van der Waals surface area contributed by atoms with Crippen LogP contribution in [0.4, 0.5) is 0 Å². The number of rotatable bonds is 1. The van der Waals surface area contributed by atoms with E-state index in [0.717, 1.165) is 50.9 Å². The first-order chi connectivity index (χ1) is 6.62. The normalized spacial score (nSPS) is 41.1. The molecule has 0 aromatic heterocycles. The summed E-state index contributed by atoms with van der Waals surface area (Å²) in [4.78, 5) is 0. The Bertz CT molecular complexity index is 254. The van der Waals surface area contributed by atoms with Gasteiger partial charge in [-0.3, -0.25) is 0 Å². The van der Waals surface area contributed by atoms with Gasteiger partial charge in [0.25, 0.3) is 0 Å². The third-order valence-corrected chi connectivity index (χ3v) is 4.41. The lowest BCUT2D eigenvalue weighted by Gasteiger charge is -2.51. The van der Waals surface area contributed by atoms with E-state index in [4.69, 9.17) is 0 Å². The predicted molar refractivity (Wildman–Crippen MR) is 54.5 cm³/mol. The van der Waals surface area contributed by atoms with Crippen LogP contribution in [0.25, 0.3) is 0 Å². The zero-order valence-corrected chi connectivity index (χ0v) is 8.92. The molecule has 0 atom stereocenters. The summed E-state index contributed by atoms with van der Waals surface area (Å²) in [6.45, 7) is 2.24. The van der Waals surface area contributed by atoms with Crippen molar-refractivity contribution in [2.24, 2.45) is 11.3 Å². The van der Waals surface area contributed by atoms with E-state index < -0.39 is 5.60 Å². The molecule has 0 heterocycles. The standard InChI is InChI=1S/C12H19NO/c1-10-3-7-12(14,8-4-10)11(9-13)5-2-6-11/h10,14H,2-8H2,1H3. The van der Waals surface area contributed by atoms with Gasteiger partial charge in [-0.2, -0.15) is 5.26 Å². The molecule has 1 N–H and O–H groups in total. The first-order valence-corrected chi connectivity index (χ1v) is 5.76. The highest BCUT2D eigenvalue weighted by Crippen LogP contribution is 2.54. The van der Waals surface area contributed by atoms with Crippen LogP contribution in [0.3, 0.4) is 0 Å². The smallest absolute Gasteiger partial charge is 0.0860 e. The molecule has 0 aromatic rings. The molecule has 0 unspecified atom stereocenters. The van der Waals surface area contributed by atoms with Gasteiger partial charge in [-0.05, 0) is 44.4 Å². The summed E-state index contributed by atoms with van der Waals surface area (Å²) in [5.74, 6) is 0.728. The van der Waals surface area contributed by atoms with Crippen LogP contribution in [0.5, 0.6) is 0 Å². The summed E-state index contributed by atoms with van der Waals surface area (Å²) in [6, 6.07) is 2.39. The molecule has 2 saturated carbocycles. The van der Waals surface area contributed by atoms with Crippen molar-refractivity contribution in [1.82, 2.24) is 0 Å². The second-order valence-corrected chi connectivity index (χ2v) is 5.26. The van der Waals surface area contributed by atoms with E-state index in [9.17, 15) is 10.4 Å². The molecule has 2 nitrogen and oxygen atoms in total. The summed E-state index contributed by atoms with van der Waals surface area (Å²) in [5, 5.41) is 19.7. The number of nitrogens with zero attached hydrogens (tertiary/aromatic N) is 1. The zero-order valence-electron chi connectivity index (χ0n) is 8.92. The van der Waals surface area contributed by atoms with E-state index in [1.165, 1.54) is 0 Å².